The zero-order valence-corrected chi connectivity index (χ0v) is 16.3. The third kappa shape index (κ3) is 4.29. The average molecular weight is 357 g/mol. The van der Waals surface area contributed by atoms with Gasteiger partial charge in [-0.3, -0.25) is 4.79 Å². The molecule has 1 aliphatic rings. The normalized spacial score (nSPS) is 23.7. The quantitative estimate of drug-likeness (QED) is 0.817. The van der Waals surface area contributed by atoms with Gasteiger partial charge >= 0.3 is 0 Å². The Morgan fingerprint density at radius 3 is 2.92 bits per heavy atom. The summed E-state index contributed by atoms with van der Waals surface area (Å²) in [5.74, 6) is 0.936. The van der Waals surface area contributed by atoms with E-state index in [0.717, 1.165) is 24.8 Å². The van der Waals surface area contributed by atoms with Crippen LogP contribution in [0.1, 0.15) is 52.0 Å². The number of hydrogen-bond donors (Lipinski definition) is 2. The average Bonchev–Trinajstić information content (AvgIpc) is 2.99. The Hall–Kier alpha value is -1.81. The molecule has 26 heavy (non-hydrogen) atoms. The topological polar surface area (TPSA) is 56.3 Å². The number of H-pyrrole nitrogens is 1. The smallest absolute Gasteiger partial charge is 0.222 e. The van der Waals surface area contributed by atoms with Gasteiger partial charge in [0, 0.05) is 42.5 Å². The molecule has 0 spiro atoms. The molecule has 1 aliphatic heterocycles. The molecule has 0 unspecified atom stereocenters. The fourth-order valence-corrected chi connectivity index (χ4v) is 4.17. The molecule has 0 radical (unpaired) electrons. The molecule has 3 rings (SSSR count). The minimum atomic E-state index is -0.648. The zero-order chi connectivity index (χ0) is 18.7. The second-order valence-electron chi connectivity index (χ2n) is 8.49. The molecule has 4 nitrogen and oxygen atoms in total. The van der Waals surface area contributed by atoms with Crippen molar-refractivity contribution in [1.82, 2.24) is 9.88 Å². The summed E-state index contributed by atoms with van der Waals surface area (Å²) in [5.41, 5.74) is 1.79. The SMILES string of the molecule is CC(C)C[C@H]1CN(C(=O)CCCc2c[nH]c3ccccc23)CC[C@@]1(C)O. The maximum Gasteiger partial charge on any atom is 0.222 e. The molecule has 142 valence electrons. The number of rotatable bonds is 6. The Labute approximate surface area is 156 Å². The standard InChI is InChI=1S/C22H32N2O2/c1-16(2)13-18-15-24(12-11-22(18,3)26)21(25)10-6-7-17-14-23-20-9-5-4-8-19(17)20/h4-5,8-9,14,16,18,23,26H,6-7,10-13,15H2,1-3H3/t18-,22+/m0/s1. The van der Waals surface area contributed by atoms with Crippen LogP contribution in [-0.2, 0) is 11.2 Å². The Bertz CT molecular complexity index is 747. The van der Waals surface area contributed by atoms with Crippen LogP contribution in [0, 0.1) is 11.8 Å². The Kier molecular flexibility index (Phi) is 5.71. The van der Waals surface area contributed by atoms with Crippen molar-refractivity contribution in [2.24, 2.45) is 11.8 Å². The number of nitrogens with zero attached hydrogens (tertiary/aromatic N) is 1. The third-order valence-corrected chi connectivity index (χ3v) is 5.83. The predicted molar refractivity (Wildman–Crippen MR) is 106 cm³/mol. The van der Waals surface area contributed by atoms with Gasteiger partial charge in [0.1, 0.15) is 0 Å². The van der Waals surface area contributed by atoms with Crippen molar-refractivity contribution in [3.63, 3.8) is 0 Å². The summed E-state index contributed by atoms with van der Waals surface area (Å²) in [7, 11) is 0. The molecule has 1 aromatic carbocycles. The molecule has 1 amide bonds. The summed E-state index contributed by atoms with van der Waals surface area (Å²) >= 11 is 0. The van der Waals surface area contributed by atoms with E-state index >= 15 is 0 Å². The van der Waals surface area contributed by atoms with E-state index in [1.807, 2.05) is 17.9 Å². The summed E-state index contributed by atoms with van der Waals surface area (Å²) in [5, 5.41) is 11.9. The highest BCUT2D eigenvalue weighted by Gasteiger charge is 2.38. The molecule has 2 heterocycles. The lowest BCUT2D eigenvalue weighted by Gasteiger charge is -2.43. The van der Waals surface area contributed by atoms with Crippen molar-refractivity contribution < 1.29 is 9.90 Å². The van der Waals surface area contributed by atoms with Gasteiger partial charge in [-0.2, -0.15) is 0 Å². The number of carbonyl (C=O) groups is 1. The van der Waals surface area contributed by atoms with Crippen molar-refractivity contribution in [3.05, 3.63) is 36.0 Å². The van der Waals surface area contributed by atoms with Crippen molar-refractivity contribution in [2.45, 2.75) is 58.5 Å². The summed E-state index contributed by atoms with van der Waals surface area (Å²) in [6.45, 7) is 7.65. The maximum atomic E-state index is 12.7. The number of piperidine rings is 1. The number of likely N-dealkylation sites (tertiary alicyclic amines) is 1. The second-order valence-corrected chi connectivity index (χ2v) is 8.49. The molecule has 0 aliphatic carbocycles. The fourth-order valence-electron chi connectivity index (χ4n) is 4.17. The Balaban J connectivity index is 1.53. The molecular formula is C22H32N2O2. The molecule has 2 atom stereocenters. The van der Waals surface area contributed by atoms with E-state index in [4.69, 9.17) is 0 Å². The number of aliphatic hydroxyl groups is 1. The minimum Gasteiger partial charge on any atom is -0.390 e. The highest BCUT2D eigenvalue weighted by atomic mass is 16.3. The van der Waals surface area contributed by atoms with Gasteiger partial charge in [-0.1, -0.05) is 32.0 Å². The largest absolute Gasteiger partial charge is 0.390 e. The molecule has 4 heteroatoms. The zero-order valence-electron chi connectivity index (χ0n) is 16.3. The van der Waals surface area contributed by atoms with Gasteiger partial charge in [0.05, 0.1) is 5.60 Å². The van der Waals surface area contributed by atoms with Crippen LogP contribution in [-0.4, -0.2) is 39.6 Å². The highest BCUT2D eigenvalue weighted by molar-refractivity contribution is 5.83. The number of aromatic nitrogens is 1. The van der Waals surface area contributed by atoms with Gasteiger partial charge in [0.15, 0.2) is 0 Å². The van der Waals surface area contributed by atoms with E-state index < -0.39 is 5.60 Å². The predicted octanol–water partition coefficient (Wildman–Crippen LogP) is 4.14. The van der Waals surface area contributed by atoms with Gasteiger partial charge < -0.3 is 15.0 Å². The van der Waals surface area contributed by atoms with E-state index in [0.29, 0.717) is 31.8 Å². The maximum absolute atomic E-state index is 12.7. The Morgan fingerprint density at radius 2 is 2.15 bits per heavy atom. The van der Waals surface area contributed by atoms with Crippen molar-refractivity contribution in [2.75, 3.05) is 13.1 Å². The lowest BCUT2D eigenvalue weighted by molar-refractivity contribution is -0.139. The first kappa shape index (κ1) is 19.0. The summed E-state index contributed by atoms with van der Waals surface area (Å²) in [6, 6.07) is 8.30. The summed E-state index contributed by atoms with van der Waals surface area (Å²) in [4.78, 5) is 17.9. The van der Waals surface area contributed by atoms with Crippen molar-refractivity contribution in [1.29, 1.82) is 0 Å². The van der Waals surface area contributed by atoms with Crippen LogP contribution < -0.4 is 0 Å². The van der Waals surface area contributed by atoms with E-state index in [1.54, 1.807) is 0 Å². The van der Waals surface area contributed by atoms with Gasteiger partial charge in [-0.25, -0.2) is 0 Å². The van der Waals surface area contributed by atoms with Crippen LogP contribution in [0.3, 0.4) is 0 Å². The van der Waals surface area contributed by atoms with E-state index in [1.165, 1.54) is 10.9 Å². The first-order valence-corrected chi connectivity index (χ1v) is 9.92. The summed E-state index contributed by atoms with van der Waals surface area (Å²) in [6.07, 6.45) is 6.06. The number of nitrogens with one attached hydrogen (secondary N) is 1. The first-order valence-electron chi connectivity index (χ1n) is 9.92. The molecular weight excluding hydrogens is 324 g/mol. The number of aryl methyl sites for hydroxylation is 1. The minimum absolute atomic E-state index is 0.175. The van der Waals surface area contributed by atoms with Crippen molar-refractivity contribution in [3.8, 4) is 0 Å². The number of fused-ring (bicyclic) bond motifs is 1. The van der Waals surface area contributed by atoms with Crippen LogP contribution in [0.2, 0.25) is 0 Å². The van der Waals surface area contributed by atoms with Gasteiger partial charge in [0.25, 0.3) is 0 Å². The lowest BCUT2D eigenvalue weighted by atomic mass is 9.78. The van der Waals surface area contributed by atoms with Crippen molar-refractivity contribution >= 4 is 16.8 Å². The van der Waals surface area contributed by atoms with Gasteiger partial charge in [-0.15, -0.1) is 0 Å². The summed E-state index contributed by atoms with van der Waals surface area (Å²) < 4.78 is 0. The molecule has 1 aromatic heterocycles. The number of aromatic amines is 1. The van der Waals surface area contributed by atoms with E-state index in [9.17, 15) is 9.90 Å². The molecule has 0 saturated carbocycles. The van der Waals surface area contributed by atoms with Crippen LogP contribution in [0.5, 0.6) is 0 Å². The highest BCUT2D eigenvalue weighted by Crippen LogP contribution is 2.32. The van der Waals surface area contributed by atoms with E-state index in [-0.39, 0.29) is 11.8 Å². The van der Waals surface area contributed by atoms with Crippen LogP contribution in [0.4, 0.5) is 0 Å². The molecule has 2 aromatic rings. The van der Waals surface area contributed by atoms with Crippen LogP contribution in [0.15, 0.2) is 30.5 Å². The number of benzene rings is 1. The monoisotopic (exact) mass is 356 g/mol. The van der Waals surface area contributed by atoms with E-state index in [2.05, 4.69) is 43.2 Å². The third-order valence-electron chi connectivity index (χ3n) is 5.83. The number of hydrogen-bond acceptors (Lipinski definition) is 2. The van der Waals surface area contributed by atoms with Crippen LogP contribution >= 0.6 is 0 Å². The molecule has 1 saturated heterocycles. The fraction of sp³-hybridized carbons (Fsp3) is 0.591. The lowest BCUT2D eigenvalue weighted by Crippen LogP contribution is -2.52. The second kappa shape index (κ2) is 7.83. The van der Waals surface area contributed by atoms with Crippen LogP contribution in [0.25, 0.3) is 10.9 Å². The molecule has 1 fully saturated rings. The first-order chi connectivity index (χ1) is 12.4. The van der Waals surface area contributed by atoms with Gasteiger partial charge in [0.2, 0.25) is 5.91 Å². The molecule has 0 bridgehead atoms. The number of carbonyl (C=O) groups excluding carboxylic acids is 1. The number of para-hydroxylation sites is 1. The Morgan fingerprint density at radius 1 is 1.38 bits per heavy atom. The molecule has 2 N–H and O–H groups in total. The van der Waals surface area contributed by atoms with Gasteiger partial charge in [-0.05, 0) is 50.2 Å². The number of amides is 1.